The topological polar surface area (TPSA) is 63.2 Å². The van der Waals surface area contributed by atoms with E-state index in [1.54, 1.807) is 11.3 Å². The lowest BCUT2D eigenvalue weighted by Crippen LogP contribution is -2.35. The molecule has 5 nitrogen and oxygen atoms in total. The normalized spacial score (nSPS) is 11.0. The van der Waals surface area contributed by atoms with Crippen molar-refractivity contribution in [3.63, 3.8) is 0 Å². The van der Waals surface area contributed by atoms with Crippen molar-refractivity contribution in [2.45, 2.75) is 26.8 Å². The van der Waals surface area contributed by atoms with Crippen LogP contribution in [0.1, 0.15) is 25.3 Å². The molecule has 0 aliphatic rings. The Kier molecular flexibility index (Phi) is 6.61. The van der Waals surface area contributed by atoms with E-state index in [2.05, 4.69) is 29.5 Å². The summed E-state index contributed by atoms with van der Waals surface area (Å²) in [5.74, 6) is 0.546. The number of nitrogens with one attached hydrogen (secondary N) is 2. The first kappa shape index (κ1) is 16.7. The van der Waals surface area contributed by atoms with Gasteiger partial charge in [-0.15, -0.1) is 11.3 Å². The number of hydrogen-bond donors (Lipinski definition) is 2. The third kappa shape index (κ3) is 5.61. The zero-order valence-corrected chi connectivity index (χ0v) is 13.9. The second-order valence-corrected chi connectivity index (χ2v) is 6.62. The molecule has 2 N–H and O–H groups in total. The van der Waals surface area contributed by atoms with Crippen LogP contribution >= 0.6 is 11.3 Å². The first-order chi connectivity index (χ1) is 10.6. The number of carbonyl (C=O) groups excluding carboxylic acids is 1. The zero-order valence-electron chi connectivity index (χ0n) is 13.1. The highest BCUT2D eigenvalue weighted by molar-refractivity contribution is 7.18. The van der Waals surface area contributed by atoms with Crippen LogP contribution in [-0.4, -0.2) is 30.8 Å². The van der Waals surface area contributed by atoms with Crippen LogP contribution < -0.4 is 10.6 Å². The van der Waals surface area contributed by atoms with Gasteiger partial charge in [-0.05, 0) is 24.5 Å². The molecule has 0 atom stereocenters. The van der Waals surface area contributed by atoms with Crippen LogP contribution in [0, 0.1) is 5.92 Å². The Balaban J connectivity index is 1.61. The zero-order chi connectivity index (χ0) is 15.8. The summed E-state index contributed by atoms with van der Waals surface area (Å²) in [4.78, 5) is 16.2. The Hall–Kier alpha value is -1.66. The van der Waals surface area contributed by atoms with Crippen LogP contribution in [0.4, 0.5) is 4.79 Å². The van der Waals surface area contributed by atoms with Gasteiger partial charge in [0.1, 0.15) is 5.01 Å². The fraction of sp³-hybridized carbons (Fsp3) is 0.500. The number of nitrogens with zero attached hydrogens (tertiary/aromatic N) is 1. The third-order valence-electron chi connectivity index (χ3n) is 2.94. The van der Waals surface area contributed by atoms with E-state index in [1.807, 2.05) is 24.3 Å². The van der Waals surface area contributed by atoms with Gasteiger partial charge in [0.05, 0.1) is 16.8 Å². The molecule has 1 aromatic carbocycles. The van der Waals surface area contributed by atoms with E-state index in [4.69, 9.17) is 4.74 Å². The van der Waals surface area contributed by atoms with Crippen molar-refractivity contribution in [3.05, 3.63) is 29.3 Å². The number of rotatable bonds is 8. The van der Waals surface area contributed by atoms with Gasteiger partial charge in [0.25, 0.3) is 0 Å². The molecule has 0 unspecified atom stereocenters. The van der Waals surface area contributed by atoms with Gasteiger partial charge in [-0.1, -0.05) is 26.0 Å². The third-order valence-corrected chi connectivity index (χ3v) is 3.98. The lowest BCUT2D eigenvalue weighted by atomic mass is 10.2. The molecule has 0 fully saturated rings. The minimum Gasteiger partial charge on any atom is -0.381 e. The number of urea groups is 1. The number of aromatic nitrogens is 1. The summed E-state index contributed by atoms with van der Waals surface area (Å²) in [6, 6.07) is 7.81. The van der Waals surface area contributed by atoms with E-state index in [9.17, 15) is 4.79 Å². The fourth-order valence-electron chi connectivity index (χ4n) is 1.91. The van der Waals surface area contributed by atoms with Gasteiger partial charge in [-0.2, -0.15) is 0 Å². The van der Waals surface area contributed by atoms with Crippen molar-refractivity contribution in [3.8, 4) is 0 Å². The number of benzene rings is 1. The molecule has 2 aromatic rings. The Morgan fingerprint density at radius 2 is 2.14 bits per heavy atom. The second-order valence-electron chi connectivity index (χ2n) is 5.51. The van der Waals surface area contributed by atoms with Gasteiger partial charge in [-0.25, -0.2) is 9.78 Å². The molecule has 0 spiro atoms. The molecule has 1 heterocycles. The molecule has 120 valence electrons. The molecule has 2 amide bonds. The summed E-state index contributed by atoms with van der Waals surface area (Å²) < 4.78 is 6.60. The van der Waals surface area contributed by atoms with Gasteiger partial charge >= 0.3 is 6.03 Å². The number of hydrogen-bond acceptors (Lipinski definition) is 4. The first-order valence-corrected chi connectivity index (χ1v) is 8.40. The average molecular weight is 321 g/mol. The molecule has 0 saturated heterocycles. The second kappa shape index (κ2) is 8.70. The van der Waals surface area contributed by atoms with Crippen molar-refractivity contribution < 1.29 is 9.53 Å². The van der Waals surface area contributed by atoms with Crippen molar-refractivity contribution in [2.75, 3.05) is 19.8 Å². The minimum absolute atomic E-state index is 0.164. The standard InChI is InChI=1S/C16H23N3O2S/c1-12(2)11-21-9-5-8-17-16(20)18-10-15-19-13-6-3-4-7-14(13)22-15/h3-4,6-7,12H,5,8-11H2,1-2H3,(H2,17,18,20). The predicted octanol–water partition coefficient (Wildman–Crippen LogP) is 3.16. The van der Waals surface area contributed by atoms with Crippen molar-refractivity contribution in [1.82, 2.24) is 15.6 Å². The van der Waals surface area contributed by atoms with Crippen LogP contribution in [0.15, 0.2) is 24.3 Å². The Bertz CT molecular complexity index is 565. The number of amides is 2. The van der Waals surface area contributed by atoms with Crippen LogP contribution in [-0.2, 0) is 11.3 Å². The Labute approximate surface area is 135 Å². The van der Waals surface area contributed by atoms with Crippen LogP contribution in [0.5, 0.6) is 0 Å². The van der Waals surface area contributed by atoms with Gasteiger partial charge in [0.2, 0.25) is 0 Å². The van der Waals surface area contributed by atoms with Gasteiger partial charge in [-0.3, -0.25) is 0 Å². The highest BCUT2D eigenvalue weighted by Crippen LogP contribution is 2.21. The van der Waals surface area contributed by atoms with E-state index >= 15 is 0 Å². The van der Waals surface area contributed by atoms with Crippen LogP contribution in [0.3, 0.4) is 0 Å². The number of carbonyl (C=O) groups is 1. The van der Waals surface area contributed by atoms with Crippen molar-refractivity contribution >= 4 is 27.6 Å². The van der Waals surface area contributed by atoms with Crippen molar-refractivity contribution in [1.29, 1.82) is 0 Å². The van der Waals surface area contributed by atoms with E-state index in [-0.39, 0.29) is 6.03 Å². The van der Waals surface area contributed by atoms with E-state index < -0.39 is 0 Å². The molecular formula is C16H23N3O2S. The summed E-state index contributed by atoms with van der Waals surface area (Å²) in [5.41, 5.74) is 0.979. The largest absolute Gasteiger partial charge is 0.381 e. The molecule has 1 aromatic heterocycles. The summed E-state index contributed by atoms with van der Waals surface area (Å²) in [5, 5.41) is 6.56. The molecule has 0 aliphatic carbocycles. The highest BCUT2D eigenvalue weighted by Gasteiger charge is 2.05. The molecule has 0 bridgehead atoms. The van der Waals surface area contributed by atoms with Gasteiger partial charge in [0, 0.05) is 19.8 Å². The summed E-state index contributed by atoms with van der Waals surface area (Å²) >= 11 is 1.60. The van der Waals surface area contributed by atoms with Crippen LogP contribution in [0.25, 0.3) is 10.2 Å². The fourth-order valence-corrected chi connectivity index (χ4v) is 2.82. The molecule has 0 radical (unpaired) electrons. The lowest BCUT2D eigenvalue weighted by Gasteiger charge is -2.08. The van der Waals surface area contributed by atoms with E-state index in [0.717, 1.165) is 28.3 Å². The molecule has 2 rings (SSSR count). The molecule has 0 saturated carbocycles. The number of ether oxygens (including phenoxy) is 1. The Morgan fingerprint density at radius 1 is 1.32 bits per heavy atom. The Morgan fingerprint density at radius 3 is 2.91 bits per heavy atom. The quantitative estimate of drug-likeness (QED) is 0.734. The number of fused-ring (bicyclic) bond motifs is 1. The SMILES string of the molecule is CC(C)COCCCNC(=O)NCc1nc2ccccc2s1. The van der Waals surface area contributed by atoms with E-state index in [1.165, 1.54) is 0 Å². The lowest BCUT2D eigenvalue weighted by molar-refractivity contribution is 0.108. The molecule has 6 heteroatoms. The van der Waals surface area contributed by atoms with Gasteiger partial charge < -0.3 is 15.4 Å². The number of thiazole rings is 1. The number of para-hydroxylation sites is 1. The molecule has 0 aliphatic heterocycles. The summed E-state index contributed by atoms with van der Waals surface area (Å²) in [6.45, 7) is 6.75. The monoisotopic (exact) mass is 321 g/mol. The highest BCUT2D eigenvalue weighted by atomic mass is 32.1. The maximum absolute atomic E-state index is 11.7. The van der Waals surface area contributed by atoms with Crippen LogP contribution in [0.2, 0.25) is 0 Å². The van der Waals surface area contributed by atoms with Crippen molar-refractivity contribution in [2.24, 2.45) is 5.92 Å². The maximum Gasteiger partial charge on any atom is 0.315 e. The molecular weight excluding hydrogens is 298 g/mol. The molecule has 22 heavy (non-hydrogen) atoms. The average Bonchev–Trinajstić information content (AvgIpc) is 2.91. The summed E-state index contributed by atoms with van der Waals surface area (Å²) in [7, 11) is 0. The first-order valence-electron chi connectivity index (χ1n) is 7.59. The predicted molar refractivity (Wildman–Crippen MR) is 90.1 cm³/mol. The van der Waals surface area contributed by atoms with E-state index in [0.29, 0.717) is 25.6 Å². The minimum atomic E-state index is -0.164. The van der Waals surface area contributed by atoms with Gasteiger partial charge in [0.15, 0.2) is 0 Å². The maximum atomic E-state index is 11.7. The smallest absolute Gasteiger partial charge is 0.315 e. The summed E-state index contributed by atoms with van der Waals surface area (Å²) in [6.07, 6.45) is 0.821.